The highest BCUT2D eigenvalue weighted by atomic mass is 16.4. The molecule has 0 bridgehead atoms. The van der Waals surface area contributed by atoms with Crippen molar-refractivity contribution in [1.82, 2.24) is 9.88 Å². The van der Waals surface area contributed by atoms with Gasteiger partial charge in [-0.15, -0.1) is 0 Å². The number of benzene rings is 1. The maximum Gasteiger partial charge on any atom is 0.414 e. The molecule has 0 radical (unpaired) electrons. The zero-order chi connectivity index (χ0) is 20.8. The Bertz CT molecular complexity index is 910. The lowest BCUT2D eigenvalue weighted by atomic mass is 10.1. The van der Waals surface area contributed by atoms with Gasteiger partial charge in [0.1, 0.15) is 0 Å². The van der Waals surface area contributed by atoms with Crippen LogP contribution >= 0.6 is 0 Å². The molecule has 1 aliphatic heterocycles. The number of fused-ring (bicyclic) bond motifs is 2. The van der Waals surface area contributed by atoms with Gasteiger partial charge in [-0.2, -0.15) is 0 Å². The number of pyridine rings is 1. The van der Waals surface area contributed by atoms with Crippen molar-refractivity contribution in [3.05, 3.63) is 35.5 Å². The third kappa shape index (κ3) is 5.29. The molecular formula is C21H25N3O5. The molecule has 1 saturated heterocycles. The number of aromatic nitrogens is 1. The summed E-state index contributed by atoms with van der Waals surface area (Å²) < 4.78 is 0. The molecule has 0 unspecified atom stereocenters. The number of anilines is 1. The summed E-state index contributed by atoms with van der Waals surface area (Å²) in [5.74, 6) is -3.54. The number of aryl methyl sites for hydroxylation is 1. The van der Waals surface area contributed by atoms with E-state index in [4.69, 9.17) is 24.8 Å². The first-order valence-electron chi connectivity index (χ1n) is 9.84. The summed E-state index contributed by atoms with van der Waals surface area (Å²) in [6.45, 7) is 2.59. The zero-order valence-corrected chi connectivity index (χ0v) is 16.2. The normalized spacial score (nSPS) is 15.9. The predicted octanol–water partition coefficient (Wildman–Crippen LogP) is 2.30. The van der Waals surface area contributed by atoms with E-state index in [1.165, 1.54) is 24.8 Å². The molecule has 1 aromatic heterocycles. The molecule has 0 atom stereocenters. The van der Waals surface area contributed by atoms with Crippen LogP contribution in [0.3, 0.4) is 0 Å². The Hall–Kier alpha value is -3.00. The van der Waals surface area contributed by atoms with Gasteiger partial charge in [0.05, 0.1) is 17.7 Å². The molecule has 154 valence electrons. The van der Waals surface area contributed by atoms with E-state index in [0.717, 1.165) is 54.6 Å². The number of piperidine rings is 1. The number of rotatable bonds is 3. The van der Waals surface area contributed by atoms with Crippen molar-refractivity contribution in [3.63, 3.8) is 0 Å². The van der Waals surface area contributed by atoms with Crippen molar-refractivity contribution in [2.45, 2.75) is 38.5 Å². The fourth-order valence-electron chi connectivity index (χ4n) is 3.85. The average Bonchev–Trinajstić information content (AvgIpc) is 3.17. The summed E-state index contributed by atoms with van der Waals surface area (Å²) in [4.78, 5) is 37.8. The summed E-state index contributed by atoms with van der Waals surface area (Å²) in [5, 5.41) is 19.1. The Morgan fingerprint density at radius 2 is 1.66 bits per heavy atom. The fraction of sp³-hybridized carbons (Fsp3) is 0.429. The first-order chi connectivity index (χ1) is 14.0. The minimum atomic E-state index is -1.82. The van der Waals surface area contributed by atoms with E-state index in [1.807, 2.05) is 18.2 Å². The first kappa shape index (κ1) is 20.7. The molecule has 1 aliphatic carbocycles. The van der Waals surface area contributed by atoms with E-state index in [0.29, 0.717) is 6.54 Å². The minimum Gasteiger partial charge on any atom is -0.473 e. The van der Waals surface area contributed by atoms with Crippen molar-refractivity contribution in [1.29, 1.82) is 0 Å². The molecule has 0 saturated carbocycles. The lowest BCUT2D eigenvalue weighted by molar-refractivity contribution is -0.159. The highest BCUT2D eigenvalue weighted by Crippen LogP contribution is 2.33. The third-order valence-corrected chi connectivity index (χ3v) is 5.18. The number of nitrogens with one attached hydrogen (secondary N) is 1. The quantitative estimate of drug-likeness (QED) is 0.678. The molecule has 2 aliphatic rings. The Morgan fingerprint density at radius 1 is 0.966 bits per heavy atom. The number of carbonyl (C=O) groups excluding carboxylic acids is 1. The molecular weight excluding hydrogens is 374 g/mol. The van der Waals surface area contributed by atoms with Crippen LogP contribution < -0.4 is 5.32 Å². The summed E-state index contributed by atoms with van der Waals surface area (Å²) in [5.41, 5.74) is 4.40. The monoisotopic (exact) mass is 399 g/mol. The second kappa shape index (κ2) is 9.47. The maximum atomic E-state index is 12.6. The van der Waals surface area contributed by atoms with Crippen LogP contribution in [0.25, 0.3) is 10.9 Å². The summed E-state index contributed by atoms with van der Waals surface area (Å²) in [7, 11) is 0. The van der Waals surface area contributed by atoms with E-state index < -0.39 is 11.9 Å². The van der Waals surface area contributed by atoms with Crippen LogP contribution in [0.2, 0.25) is 0 Å². The molecule has 1 amide bonds. The van der Waals surface area contributed by atoms with Crippen molar-refractivity contribution in [3.8, 4) is 0 Å². The second-order valence-electron chi connectivity index (χ2n) is 7.28. The number of aliphatic carboxylic acids is 2. The lowest BCUT2D eigenvalue weighted by Crippen LogP contribution is -2.37. The Balaban J connectivity index is 0.000000353. The molecule has 4 rings (SSSR count). The number of carbonyl (C=O) groups is 3. The molecule has 0 spiro atoms. The van der Waals surface area contributed by atoms with Crippen LogP contribution in [0.4, 0.5) is 5.69 Å². The van der Waals surface area contributed by atoms with Crippen LogP contribution in [-0.4, -0.2) is 57.6 Å². The average molecular weight is 399 g/mol. The van der Waals surface area contributed by atoms with Gasteiger partial charge >= 0.3 is 11.9 Å². The van der Waals surface area contributed by atoms with E-state index in [1.54, 1.807) is 0 Å². The van der Waals surface area contributed by atoms with Gasteiger partial charge in [0.15, 0.2) is 0 Å². The van der Waals surface area contributed by atoms with Crippen LogP contribution in [0.5, 0.6) is 0 Å². The standard InChI is InChI=1S/C19H23N3O.C2H2O4/c23-18(13-22-11-4-1-5-12-22)21-19-14-7-2-3-9-16(14)20-17-10-6-8-15(17)19;3-1(4)2(5)6/h2-3,7,9H,1,4-6,8,10-13H2,(H,20,21,23);(H,3,4)(H,5,6). The van der Waals surface area contributed by atoms with Crippen molar-refractivity contribution in [2.75, 3.05) is 25.0 Å². The van der Waals surface area contributed by atoms with Crippen molar-refractivity contribution in [2.24, 2.45) is 0 Å². The summed E-state index contributed by atoms with van der Waals surface area (Å²) in [6.07, 6.45) is 6.89. The minimum absolute atomic E-state index is 0.109. The predicted molar refractivity (Wildman–Crippen MR) is 108 cm³/mol. The molecule has 1 fully saturated rings. The summed E-state index contributed by atoms with van der Waals surface area (Å²) >= 11 is 0. The van der Waals surface area contributed by atoms with Gasteiger partial charge in [0, 0.05) is 11.1 Å². The van der Waals surface area contributed by atoms with Gasteiger partial charge in [-0.1, -0.05) is 24.6 Å². The molecule has 8 nitrogen and oxygen atoms in total. The maximum absolute atomic E-state index is 12.6. The van der Waals surface area contributed by atoms with Crippen LogP contribution in [0, 0.1) is 0 Å². The Labute approximate surface area is 168 Å². The van der Waals surface area contributed by atoms with Gasteiger partial charge in [0.25, 0.3) is 0 Å². The number of carboxylic acid groups (broad SMARTS) is 2. The number of likely N-dealkylation sites (tertiary alicyclic amines) is 1. The van der Waals surface area contributed by atoms with Gasteiger partial charge in [-0.05, 0) is 56.8 Å². The smallest absolute Gasteiger partial charge is 0.414 e. The molecule has 8 heteroatoms. The number of hydrogen-bond acceptors (Lipinski definition) is 5. The van der Waals surface area contributed by atoms with E-state index >= 15 is 0 Å². The van der Waals surface area contributed by atoms with E-state index in [2.05, 4.69) is 16.3 Å². The highest BCUT2D eigenvalue weighted by Gasteiger charge is 2.21. The van der Waals surface area contributed by atoms with Crippen LogP contribution in [-0.2, 0) is 27.2 Å². The Kier molecular flexibility index (Phi) is 6.77. The van der Waals surface area contributed by atoms with Crippen molar-refractivity contribution >= 4 is 34.4 Å². The van der Waals surface area contributed by atoms with Crippen molar-refractivity contribution < 1.29 is 24.6 Å². The molecule has 2 aromatic rings. The highest BCUT2D eigenvalue weighted by molar-refractivity contribution is 6.27. The molecule has 1 aromatic carbocycles. The van der Waals surface area contributed by atoms with Crippen LogP contribution in [0.15, 0.2) is 24.3 Å². The number of nitrogens with zero attached hydrogens (tertiary/aromatic N) is 2. The summed E-state index contributed by atoms with van der Waals surface area (Å²) in [6, 6.07) is 8.13. The molecule has 3 N–H and O–H groups in total. The molecule has 2 heterocycles. The van der Waals surface area contributed by atoms with Gasteiger partial charge in [0.2, 0.25) is 5.91 Å². The number of para-hydroxylation sites is 1. The van der Waals surface area contributed by atoms with Gasteiger partial charge < -0.3 is 15.5 Å². The van der Waals surface area contributed by atoms with Crippen LogP contribution in [0.1, 0.15) is 36.9 Å². The van der Waals surface area contributed by atoms with E-state index in [-0.39, 0.29) is 5.91 Å². The zero-order valence-electron chi connectivity index (χ0n) is 16.2. The molecule has 29 heavy (non-hydrogen) atoms. The Morgan fingerprint density at radius 3 is 2.34 bits per heavy atom. The van der Waals surface area contributed by atoms with Gasteiger partial charge in [-0.25, -0.2) is 9.59 Å². The first-order valence-corrected chi connectivity index (χ1v) is 9.84. The third-order valence-electron chi connectivity index (χ3n) is 5.18. The number of carboxylic acids is 2. The fourth-order valence-corrected chi connectivity index (χ4v) is 3.85. The number of hydrogen-bond donors (Lipinski definition) is 3. The largest absolute Gasteiger partial charge is 0.473 e. The van der Waals surface area contributed by atoms with Gasteiger partial charge in [-0.3, -0.25) is 14.7 Å². The van der Waals surface area contributed by atoms with E-state index in [9.17, 15) is 4.79 Å². The second-order valence-corrected chi connectivity index (χ2v) is 7.28. The number of amides is 1. The lowest BCUT2D eigenvalue weighted by Gasteiger charge is -2.26. The SMILES string of the molecule is O=C(CN1CCCCC1)Nc1c2c(nc3ccccc13)CCC2.O=C(O)C(=O)O. The topological polar surface area (TPSA) is 120 Å².